The average Bonchev–Trinajstić information content (AvgIpc) is 3.47. The number of carboxylic acid groups (broad SMARTS) is 1. The summed E-state index contributed by atoms with van der Waals surface area (Å²) in [4.78, 5) is 51.1. The first-order valence-electron chi connectivity index (χ1n) is 11.9. The van der Waals surface area contributed by atoms with Gasteiger partial charge < -0.3 is 19.8 Å². The van der Waals surface area contributed by atoms with Gasteiger partial charge in [0.2, 0.25) is 5.91 Å². The van der Waals surface area contributed by atoms with Gasteiger partial charge in [-0.1, -0.05) is 43.5 Å². The van der Waals surface area contributed by atoms with Crippen molar-refractivity contribution in [3.05, 3.63) is 62.5 Å². The minimum absolute atomic E-state index is 0.0422. The second-order valence-corrected chi connectivity index (χ2v) is 13.1. The summed E-state index contributed by atoms with van der Waals surface area (Å²) in [6.07, 6.45) is 1.01. The number of ether oxygens (including phenoxy) is 1. The fourth-order valence-corrected chi connectivity index (χ4v) is 9.91. The number of nitrogens with zero attached hydrogens (tertiary/aromatic N) is 3. The molecule has 1 aromatic carbocycles. The van der Waals surface area contributed by atoms with E-state index in [9.17, 15) is 34.7 Å². The van der Waals surface area contributed by atoms with E-state index in [0.29, 0.717) is 35.9 Å². The molecule has 0 bridgehead atoms. The number of carbonyl (C=O) groups excluding carboxylic acids is 2. The molecule has 0 radical (unpaired) electrons. The first-order chi connectivity index (χ1) is 18.1. The summed E-state index contributed by atoms with van der Waals surface area (Å²) in [5, 5.41) is 31.7. The number of aliphatic hydroxyl groups excluding tert-OH is 1. The van der Waals surface area contributed by atoms with E-state index in [1.54, 1.807) is 24.0 Å². The van der Waals surface area contributed by atoms with Crippen LogP contribution in [0.15, 0.2) is 46.9 Å². The third-order valence-electron chi connectivity index (χ3n) is 6.45. The first-order valence-corrected chi connectivity index (χ1v) is 14.6. The highest BCUT2D eigenvalue weighted by molar-refractivity contribution is 8.29. The van der Waals surface area contributed by atoms with Gasteiger partial charge in [-0.05, 0) is 18.4 Å². The Hall–Kier alpha value is -2.68. The van der Waals surface area contributed by atoms with E-state index in [4.69, 9.17) is 4.74 Å². The number of likely N-dealkylation sites (tertiary alicyclic amines) is 1. The normalized spacial score (nSPS) is 25.2. The molecule has 11 nitrogen and oxygen atoms in total. The Labute approximate surface area is 231 Å². The van der Waals surface area contributed by atoms with Crippen molar-refractivity contribution in [2.75, 3.05) is 19.7 Å². The topological polar surface area (TPSA) is 151 Å². The minimum Gasteiger partial charge on any atom is -0.477 e. The first kappa shape index (κ1) is 28.3. The predicted octanol–water partition coefficient (Wildman–Crippen LogP) is 3.84. The largest absolute Gasteiger partial charge is 0.477 e. The molecule has 1 aromatic rings. The summed E-state index contributed by atoms with van der Waals surface area (Å²) < 4.78 is 4.49. The predicted molar refractivity (Wildman–Crippen MR) is 145 cm³/mol. The lowest BCUT2D eigenvalue weighted by Gasteiger charge is -2.53. The van der Waals surface area contributed by atoms with Gasteiger partial charge in [-0.2, -0.15) is 0 Å². The number of benzene rings is 1. The molecular weight excluding hydrogens is 554 g/mol. The Kier molecular flexibility index (Phi) is 8.65. The number of amides is 2. The van der Waals surface area contributed by atoms with Crippen LogP contribution >= 0.6 is 35.3 Å². The molecule has 2 saturated heterocycles. The van der Waals surface area contributed by atoms with Gasteiger partial charge in [-0.15, -0.1) is 23.5 Å². The lowest BCUT2D eigenvalue weighted by Crippen LogP contribution is -2.68. The number of non-ortho nitro benzene ring substituents is 1. The van der Waals surface area contributed by atoms with Gasteiger partial charge >= 0.3 is 12.1 Å². The maximum Gasteiger partial charge on any atom is 0.410 e. The molecule has 0 spiro atoms. The van der Waals surface area contributed by atoms with Gasteiger partial charge in [0.25, 0.3) is 5.69 Å². The van der Waals surface area contributed by atoms with Crippen LogP contribution in [0.3, 0.4) is 0 Å². The zero-order valence-corrected chi connectivity index (χ0v) is 22.9. The van der Waals surface area contributed by atoms with Crippen LogP contribution in [0.25, 0.3) is 0 Å². The monoisotopic (exact) mass is 581 g/mol. The molecule has 38 heavy (non-hydrogen) atoms. The number of hydrogen-bond acceptors (Lipinski definition) is 10. The Morgan fingerprint density at radius 3 is 2.71 bits per heavy atom. The summed E-state index contributed by atoms with van der Waals surface area (Å²) in [5.41, 5.74) is 0.606. The van der Waals surface area contributed by atoms with E-state index in [0.717, 1.165) is 5.56 Å². The highest BCUT2D eigenvalue weighted by Crippen LogP contribution is 2.67. The minimum atomic E-state index is -1.24. The number of carbonyl (C=O) groups is 3. The van der Waals surface area contributed by atoms with Crippen molar-refractivity contribution >= 4 is 58.9 Å². The fraction of sp³-hybridized carbons (Fsp3) is 0.458. The molecule has 2 N–H and O–H groups in total. The van der Waals surface area contributed by atoms with E-state index in [1.807, 2.05) is 0 Å². The SMILES string of the molecule is C=CCOC(=O)N1CCC(SC2=C(C(=O)O)N3C(=O)[C@@H]([C@@H](O)CC)[C@@]3(SCc3ccc([N+](=O)[O-])cc3)S2)C1. The Bertz CT molecular complexity index is 1180. The number of rotatable bonds is 11. The standard InChI is InChI=1S/C24H27N3O8S3/c1-3-11-35-23(32)25-10-9-16(12-25)37-22-19(21(30)31)26-20(29)18(17(28)4-2)24(26,38-22)36-13-14-5-7-15(8-6-14)27(33)34/h3,5-8,16-18,28H,1,4,9-13H2,2H3,(H,30,31)/t16?,17-,18+,24+/m0/s1. The molecule has 2 amide bonds. The van der Waals surface area contributed by atoms with Crippen LogP contribution in [0.5, 0.6) is 0 Å². The zero-order valence-electron chi connectivity index (χ0n) is 20.5. The molecule has 4 rings (SSSR count). The number of aliphatic carboxylic acids is 1. The quantitative estimate of drug-likeness (QED) is 0.170. The number of fused-ring (bicyclic) bond motifs is 1. The second-order valence-electron chi connectivity index (χ2n) is 8.85. The van der Waals surface area contributed by atoms with E-state index in [-0.39, 0.29) is 23.2 Å². The summed E-state index contributed by atoms with van der Waals surface area (Å²) in [5.74, 6) is -2.16. The van der Waals surface area contributed by atoms with Gasteiger partial charge in [0.1, 0.15) is 12.5 Å². The van der Waals surface area contributed by atoms with E-state index >= 15 is 0 Å². The maximum absolute atomic E-state index is 13.2. The van der Waals surface area contributed by atoms with Crippen molar-refractivity contribution in [3.63, 3.8) is 0 Å². The Morgan fingerprint density at radius 1 is 1.39 bits per heavy atom. The van der Waals surface area contributed by atoms with E-state index in [2.05, 4.69) is 6.58 Å². The van der Waals surface area contributed by atoms with Crippen LogP contribution in [-0.2, 0) is 20.1 Å². The van der Waals surface area contributed by atoms with Crippen LogP contribution in [-0.4, -0.2) is 78.2 Å². The lowest BCUT2D eigenvalue weighted by molar-refractivity contribution is -0.384. The van der Waals surface area contributed by atoms with Gasteiger partial charge in [-0.3, -0.25) is 19.8 Å². The molecule has 3 aliphatic rings. The molecule has 4 atom stereocenters. The van der Waals surface area contributed by atoms with Crippen molar-refractivity contribution in [3.8, 4) is 0 Å². The number of β-lactam (4-membered cyclic amide) rings is 1. The van der Waals surface area contributed by atoms with Crippen LogP contribution < -0.4 is 0 Å². The molecule has 0 aromatic heterocycles. The van der Waals surface area contributed by atoms with Crippen LogP contribution in [0.1, 0.15) is 25.3 Å². The highest BCUT2D eigenvalue weighted by atomic mass is 32.2. The summed E-state index contributed by atoms with van der Waals surface area (Å²) in [7, 11) is 0. The van der Waals surface area contributed by atoms with Gasteiger partial charge in [0.15, 0.2) is 9.90 Å². The summed E-state index contributed by atoms with van der Waals surface area (Å²) in [6.45, 7) is 6.22. The maximum atomic E-state index is 13.2. The number of hydrogen-bond donors (Lipinski definition) is 2. The molecule has 204 valence electrons. The number of carboxylic acids is 1. The Morgan fingerprint density at radius 2 is 2.11 bits per heavy atom. The van der Waals surface area contributed by atoms with E-state index in [1.165, 1.54) is 58.4 Å². The van der Waals surface area contributed by atoms with Crippen molar-refractivity contribution in [2.45, 2.75) is 41.1 Å². The molecular formula is C24H27N3O8S3. The third-order valence-corrected chi connectivity index (χ3v) is 11.2. The van der Waals surface area contributed by atoms with E-state index < -0.39 is 39.1 Å². The molecule has 0 saturated carbocycles. The van der Waals surface area contributed by atoms with Crippen LogP contribution in [0.4, 0.5) is 10.5 Å². The van der Waals surface area contributed by atoms with Gasteiger partial charge in [0, 0.05) is 36.2 Å². The van der Waals surface area contributed by atoms with Crippen molar-refractivity contribution < 1.29 is 34.3 Å². The molecule has 1 unspecified atom stereocenters. The third kappa shape index (κ3) is 5.26. The molecule has 0 aliphatic carbocycles. The van der Waals surface area contributed by atoms with Crippen LogP contribution in [0, 0.1) is 16.0 Å². The van der Waals surface area contributed by atoms with Crippen LogP contribution in [0.2, 0.25) is 0 Å². The molecule has 3 aliphatic heterocycles. The number of aliphatic hydroxyl groups is 1. The zero-order chi connectivity index (χ0) is 27.6. The van der Waals surface area contributed by atoms with Crippen molar-refractivity contribution in [1.82, 2.24) is 9.80 Å². The second kappa shape index (κ2) is 11.6. The number of nitro groups is 1. The Balaban J connectivity index is 1.55. The molecule has 2 fully saturated rings. The van der Waals surface area contributed by atoms with Crippen molar-refractivity contribution in [2.24, 2.45) is 5.92 Å². The van der Waals surface area contributed by atoms with Crippen molar-refractivity contribution in [1.29, 1.82) is 0 Å². The summed E-state index contributed by atoms with van der Waals surface area (Å²) >= 11 is 3.90. The number of nitro benzene ring substituents is 1. The van der Waals surface area contributed by atoms with Gasteiger partial charge in [-0.25, -0.2) is 9.59 Å². The number of thioether (sulfide) groups is 3. The smallest absolute Gasteiger partial charge is 0.410 e. The average molecular weight is 582 g/mol. The fourth-order valence-electron chi connectivity index (χ4n) is 4.52. The summed E-state index contributed by atoms with van der Waals surface area (Å²) in [6, 6.07) is 6.03. The highest BCUT2D eigenvalue weighted by Gasteiger charge is 2.69. The molecule has 3 heterocycles. The van der Waals surface area contributed by atoms with Gasteiger partial charge in [0.05, 0.1) is 15.3 Å². The lowest BCUT2D eigenvalue weighted by atomic mass is 9.89. The molecule has 14 heteroatoms.